The van der Waals surface area contributed by atoms with Crippen LogP contribution in [0.25, 0.3) is 0 Å². The Bertz CT molecular complexity index is 230. The van der Waals surface area contributed by atoms with Gasteiger partial charge in [0, 0.05) is 13.1 Å². The minimum Gasteiger partial charge on any atom is -0.355 e. The van der Waals surface area contributed by atoms with Gasteiger partial charge in [0.1, 0.15) is 0 Å². The molecule has 94 valence electrons. The van der Waals surface area contributed by atoms with Crippen molar-refractivity contribution >= 4 is 5.91 Å². The first kappa shape index (κ1) is 13.5. The molecule has 16 heavy (non-hydrogen) atoms. The van der Waals surface area contributed by atoms with Gasteiger partial charge < -0.3 is 10.6 Å². The van der Waals surface area contributed by atoms with E-state index in [1.807, 2.05) is 0 Å². The Morgan fingerprint density at radius 3 is 2.69 bits per heavy atom. The summed E-state index contributed by atoms with van der Waals surface area (Å²) in [6, 6.07) is 0. The molecule has 1 fully saturated rings. The highest BCUT2D eigenvalue weighted by atomic mass is 16.1. The summed E-state index contributed by atoms with van der Waals surface area (Å²) in [5, 5.41) is 6.37. The number of hydrogen-bond donors (Lipinski definition) is 2. The molecule has 0 radical (unpaired) electrons. The van der Waals surface area contributed by atoms with Crippen LogP contribution in [0.4, 0.5) is 0 Å². The lowest BCUT2D eigenvalue weighted by Crippen LogP contribution is -2.44. The fraction of sp³-hybridized carbons (Fsp3) is 0.923. The van der Waals surface area contributed by atoms with Gasteiger partial charge in [-0.25, -0.2) is 0 Å². The normalized spacial score (nSPS) is 22.2. The predicted molar refractivity (Wildman–Crippen MR) is 67.2 cm³/mol. The van der Waals surface area contributed by atoms with Gasteiger partial charge in [0.25, 0.3) is 0 Å². The summed E-state index contributed by atoms with van der Waals surface area (Å²) in [4.78, 5) is 11.9. The summed E-state index contributed by atoms with van der Waals surface area (Å²) >= 11 is 0. The van der Waals surface area contributed by atoms with Gasteiger partial charge >= 0.3 is 0 Å². The third-order valence-corrected chi connectivity index (χ3v) is 3.95. The van der Waals surface area contributed by atoms with Crippen molar-refractivity contribution in [1.82, 2.24) is 10.6 Å². The van der Waals surface area contributed by atoms with E-state index in [1.54, 1.807) is 0 Å². The predicted octanol–water partition coefficient (Wildman–Crippen LogP) is 1.78. The molecule has 1 rings (SSSR count). The number of piperidine rings is 1. The molecule has 0 saturated carbocycles. The van der Waals surface area contributed by atoms with Gasteiger partial charge in [-0.2, -0.15) is 0 Å². The Labute approximate surface area is 99.4 Å². The van der Waals surface area contributed by atoms with Gasteiger partial charge in [0.15, 0.2) is 0 Å². The Morgan fingerprint density at radius 1 is 1.50 bits per heavy atom. The Morgan fingerprint density at radius 2 is 2.19 bits per heavy atom. The first-order chi connectivity index (χ1) is 7.43. The first-order valence-corrected chi connectivity index (χ1v) is 6.42. The van der Waals surface area contributed by atoms with Gasteiger partial charge in [0.2, 0.25) is 5.91 Å². The molecule has 1 unspecified atom stereocenters. The standard InChI is InChI=1S/C13H26N2O/c1-10(2)13(3,4)9-15-12(16)11-6-5-7-14-8-11/h10-11,14H,5-9H2,1-4H3,(H,15,16). The van der Waals surface area contributed by atoms with Crippen molar-refractivity contribution in [3.8, 4) is 0 Å². The highest BCUT2D eigenvalue weighted by Crippen LogP contribution is 2.24. The van der Waals surface area contributed by atoms with Crippen LogP contribution in [0.1, 0.15) is 40.5 Å². The molecule has 0 spiro atoms. The third kappa shape index (κ3) is 3.78. The number of rotatable bonds is 4. The van der Waals surface area contributed by atoms with Crippen molar-refractivity contribution in [2.45, 2.75) is 40.5 Å². The van der Waals surface area contributed by atoms with Crippen LogP contribution >= 0.6 is 0 Å². The van der Waals surface area contributed by atoms with Crippen LogP contribution in [0.2, 0.25) is 0 Å². The highest BCUT2D eigenvalue weighted by Gasteiger charge is 2.26. The summed E-state index contributed by atoms with van der Waals surface area (Å²) in [6.07, 6.45) is 2.15. The van der Waals surface area contributed by atoms with Crippen LogP contribution in [0.5, 0.6) is 0 Å². The lowest BCUT2D eigenvalue weighted by atomic mass is 9.81. The third-order valence-electron chi connectivity index (χ3n) is 3.95. The summed E-state index contributed by atoms with van der Waals surface area (Å²) in [7, 11) is 0. The summed E-state index contributed by atoms with van der Waals surface area (Å²) in [6.45, 7) is 11.5. The van der Waals surface area contributed by atoms with E-state index < -0.39 is 0 Å². The molecule has 1 heterocycles. The van der Waals surface area contributed by atoms with Crippen LogP contribution in [0.15, 0.2) is 0 Å². The zero-order chi connectivity index (χ0) is 12.2. The van der Waals surface area contributed by atoms with E-state index in [0.29, 0.717) is 5.92 Å². The average molecular weight is 226 g/mol. The largest absolute Gasteiger partial charge is 0.355 e. The molecule has 1 aliphatic rings. The molecule has 1 atom stereocenters. The van der Waals surface area contributed by atoms with Gasteiger partial charge in [-0.15, -0.1) is 0 Å². The van der Waals surface area contributed by atoms with Crippen LogP contribution in [-0.4, -0.2) is 25.5 Å². The van der Waals surface area contributed by atoms with Crippen molar-refractivity contribution in [3.05, 3.63) is 0 Å². The van der Waals surface area contributed by atoms with Gasteiger partial charge in [-0.05, 0) is 30.7 Å². The maximum Gasteiger partial charge on any atom is 0.224 e. The number of hydrogen-bond acceptors (Lipinski definition) is 2. The quantitative estimate of drug-likeness (QED) is 0.767. The van der Waals surface area contributed by atoms with Crippen LogP contribution < -0.4 is 10.6 Å². The van der Waals surface area contributed by atoms with E-state index in [0.717, 1.165) is 32.5 Å². The second kappa shape index (κ2) is 5.67. The van der Waals surface area contributed by atoms with Crippen molar-refractivity contribution in [2.75, 3.05) is 19.6 Å². The fourth-order valence-electron chi connectivity index (χ4n) is 1.74. The zero-order valence-corrected chi connectivity index (χ0v) is 11.1. The maximum atomic E-state index is 11.9. The number of carbonyl (C=O) groups is 1. The average Bonchev–Trinajstić information content (AvgIpc) is 2.27. The van der Waals surface area contributed by atoms with Gasteiger partial charge in [-0.1, -0.05) is 27.7 Å². The van der Waals surface area contributed by atoms with Gasteiger partial charge in [-0.3, -0.25) is 4.79 Å². The molecule has 2 N–H and O–H groups in total. The fourth-order valence-corrected chi connectivity index (χ4v) is 1.74. The molecular weight excluding hydrogens is 200 g/mol. The summed E-state index contributed by atoms with van der Waals surface area (Å²) < 4.78 is 0. The molecule has 3 nitrogen and oxygen atoms in total. The van der Waals surface area contributed by atoms with Gasteiger partial charge in [0.05, 0.1) is 5.92 Å². The molecule has 3 heteroatoms. The van der Waals surface area contributed by atoms with E-state index in [2.05, 4.69) is 38.3 Å². The van der Waals surface area contributed by atoms with E-state index in [1.165, 1.54) is 0 Å². The molecule has 1 saturated heterocycles. The van der Waals surface area contributed by atoms with Crippen LogP contribution in [0.3, 0.4) is 0 Å². The monoisotopic (exact) mass is 226 g/mol. The summed E-state index contributed by atoms with van der Waals surface area (Å²) in [5.41, 5.74) is 0.178. The minimum absolute atomic E-state index is 0.178. The molecule has 1 aliphatic heterocycles. The maximum absolute atomic E-state index is 11.9. The topological polar surface area (TPSA) is 41.1 Å². The van der Waals surface area contributed by atoms with Crippen LogP contribution in [0, 0.1) is 17.3 Å². The van der Waals surface area contributed by atoms with Crippen LogP contribution in [-0.2, 0) is 4.79 Å². The molecule has 1 amide bonds. The van der Waals surface area contributed by atoms with E-state index in [-0.39, 0.29) is 17.2 Å². The zero-order valence-electron chi connectivity index (χ0n) is 11.1. The van der Waals surface area contributed by atoms with E-state index in [9.17, 15) is 4.79 Å². The number of nitrogens with one attached hydrogen (secondary N) is 2. The SMILES string of the molecule is CC(C)C(C)(C)CNC(=O)C1CCCNC1. The molecular formula is C13H26N2O. The second-order valence-electron chi connectivity index (χ2n) is 5.90. The van der Waals surface area contributed by atoms with Crippen molar-refractivity contribution < 1.29 is 4.79 Å². The van der Waals surface area contributed by atoms with E-state index in [4.69, 9.17) is 0 Å². The smallest absolute Gasteiger partial charge is 0.224 e. The molecule has 0 aromatic rings. The van der Waals surface area contributed by atoms with Crippen molar-refractivity contribution in [3.63, 3.8) is 0 Å². The molecule has 0 aliphatic carbocycles. The minimum atomic E-state index is 0.178. The highest BCUT2D eigenvalue weighted by molar-refractivity contribution is 5.79. The lowest BCUT2D eigenvalue weighted by Gasteiger charge is -2.31. The lowest BCUT2D eigenvalue weighted by molar-refractivity contribution is -0.126. The molecule has 0 aromatic heterocycles. The van der Waals surface area contributed by atoms with Crippen molar-refractivity contribution in [2.24, 2.45) is 17.3 Å². The Kier molecular flexibility index (Phi) is 4.78. The Hall–Kier alpha value is -0.570. The number of carbonyl (C=O) groups excluding carboxylic acids is 1. The summed E-state index contributed by atoms with van der Waals surface area (Å²) in [5.74, 6) is 0.981. The Balaban J connectivity index is 2.34. The number of amides is 1. The molecule has 0 bridgehead atoms. The first-order valence-electron chi connectivity index (χ1n) is 6.42. The van der Waals surface area contributed by atoms with E-state index >= 15 is 0 Å². The van der Waals surface area contributed by atoms with Crippen molar-refractivity contribution in [1.29, 1.82) is 0 Å². The molecule has 0 aromatic carbocycles. The second-order valence-corrected chi connectivity index (χ2v) is 5.90.